The third kappa shape index (κ3) is 3.90. The second-order valence-electron chi connectivity index (χ2n) is 5.84. The molecule has 0 N–H and O–H groups in total. The first kappa shape index (κ1) is 18.0. The lowest BCUT2D eigenvalue weighted by molar-refractivity contribution is 0.0994. The van der Waals surface area contributed by atoms with E-state index in [1.165, 1.54) is 18.4 Å². The lowest BCUT2D eigenvalue weighted by Gasteiger charge is -2.15. The summed E-state index contributed by atoms with van der Waals surface area (Å²) in [6.45, 7) is 3.70. The summed E-state index contributed by atoms with van der Waals surface area (Å²) in [6.07, 6.45) is 4.06. The van der Waals surface area contributed by atoms with Gasteiger partial charge in [0.25, 0.3) is 5.91 Å². The van der Waals surface area contributed by atoms with Crippen molar-refractivity contribution in [2.75, 3.05) is 13.7 Å². The summed E-state index contributed by atoms with van der Waals surface area (Å²) >= 11 is 7.46. The lowest BCUT2D eigenvalue weighted by atomic mass is 10.2. The predicted molar refractivity (Wildman–Crippen MR) is 98.9 cm³/mol. The number of carbonyl (C=O) groups is 1. The van der Waals surface area contributed by atoms with Gasteiger partial charge in [-0.05, 0) is 37.5 Å². The molecule has 134 valence electrons. The van der Waals surface area contributed by atoms with E-state index >= 15 is 0 Å². The Morgan fingerprint density at radius 3 is 3.08 bits per heavy atom. The zero-order valence-electron chi connectivity index (χ0n) is 14.4. The third-order valence-electron chi connectivity index (χ3n) is 4.09. The molecule has 1 aromatic carbocycles. The highest BCUT2D eigenvalue weighted by Gasteiger charge is 2.20. The number of fused-ring (bicyclic) bond motifs is 1. The molecule has 1 amide bonds. The molecule has 1 aliphatic rings. The van der Waals surface area contributed by atoms with E-state index in [4.69, 9.17) is 21.1 Å². The van der Waals surface area contributed by atoms with Crippen LogP contribution in [0.15, 0.2) is 23.2 Å². The van der Waals surface area contributed by atoms with Crippen LogP contribution < -0.4 is 14.3 Å². The molecular weight excluding hydrogens is 360 g/mol. The number of unbranched alkanes of at least 4 members (excludes halogenated alkanes) is 1. The first-order valence-electron chi connectivity index (χ1n) is 8.42. The molecule has 3 rings (SSSR count). The average molecular weight is 381 g/mol. The second kappa shape index (κ2) is 8.06. The summed E-state index contributed by atoms with van der Waals surface area (Å²) in [7, 11) is 1.53. The van der Waals surface area contributed by atoms with E-state index in [-0.39, 0.29) is 5.91 Å². The molecule has 0 saturated heterocycles. The number of nitrogens with zero attached hydrogens (tertiary/aromatic N) is 2. The van der Waals surface area contributed by atoms with Gasteiger partial charge in [-0.1, -0.05) is 36.3 Å². The molecule has 1 aromatic heterocycles. The van der Waals surface area contributed by atoms with Crippen molar-refractivity contribution in [3.8, 4) is 10.8 Å². The van der Waals surface area contributed by atoms with E-state index in [1.54, 1.807) is 18.2 Å². The van der Waals surface area contributed by atoms with Gasteiger partial charge in [-0.3, -0.25) is 4.79 Å². The SMILES string of the molecule is CCCCn1c2c(s/c1=N\C(=O)c1cc(Cl)ccc1OC)OCCC2. The molecule has 25 heavy (non-hydrogen) atoms. The number of halogens is 1. The van der Waals surface area contributed by atoms with E-state index in [0.717, 1.165) is 49.6 Å². The van der Waals surface area contributed by atoms with Crippen LogP contribution in [0.2, 0.25) is 5.02 Å². The van der Waals surface area contributed by atoms with Crippen LogP contribution in [-0.4, -0.2) is 24.2 Å². The molecule has 0 fully saturated rings. The van der Waals surface area contributed by atoms with Crippen molar-refractivity contribution in [3.63, 3.8) is 0 Å². The number of benzene rings is 1. The van der Waals surface area contributed by atoms with Crippen LogP contribution >= 0.6 is 22.9 Å². The van der Waals surface area contributed by atoms with E-state index in [9.17, 15) is 4.79 Å². The topological polar surface area (TPSA) is 52.8 Å². The molecule has 7 heteroatoms. The molecule has 0 atom stereocenters. The standard InChI is InChI=1S/C18H21ClN2O3S/c1-3-4-9-21-14-6-5-10-24-17(14)25-18(21)20-16(22)13-11-12(19)7-8-15(13)23-2/h7-8,11H,3-6,9-10H2,1-2H3/b20-18-. The molecule has 1 aliphatic heterocycles. The minimum atomic E-state index is -0.358. The highest BCUT2D eigenvalue weighted by molar-refractivity contribution is 7.11. The van der Waals surface area contributed by atoms with Crippen molar-refractivity contribution in [2.24, 2.45) is 4.99 Å². The van der Waals surface area contributed by atoms with Crippen molar-refractivity contribution >= 4 is 28.8 Å². The summed E-state index contributed by atoms with van der Waals surface area (Å²) < 4.78 is 13.1. The van der Waals surface area contributed by atoms with Crippen LogP contribution in [0.5, 0.6) is 10.8 Å². The van der Waals surface area contributed by atoms with Crippen molar-refractivity contribution in [2.45, 2.75) is 39.2 Å². The molecule has 0 radical (unpaired) electrons. The number of hydrogen-bond donors (Lipinski definition) is 0. The van der Waals surface area contributed by atoms with Crippen LogP contribution in [0, 0.1) is 0 Å². The van der Waals surface area contributed by atoms with Gasteiger partial charge in [-0.15, -0.1) is 0 Å². The first-order valence-corrected chi connectivity index (χ1v) is 9.61. The van der Waals surface area contributed by atoms with Crippen LogP contribution in [0.3, 0.4) is 0 Å². The maximum Gasteiger partial charge on any atom is 0.283 e. The van der Waals surface area contributed by atoms with Crippen molar-refractivity contribution in [1.29, 1.82) is 0 Å². The fourth-order valence-corrected chi connectivity index (χ4v) is 4.05. The number of ether oxygens (including phenoxy) is 2. The Labute approximate surface area is 155 Å². The first-order chi connectivity index (χ1) is 12.1. The van der Waals surface area contributed by atoms with E-state index in [1.807, 2.05) is 0 Å². The Hall–Kier alpha value is -1.79. The van der Waals surface area contributed by atoms with E-state index in [2.05, 4.69) is 16.5 Å². The number of methoxy groups -OCH3 is 1. The summed E-state index contributed by atoms with van der Waals surface area (Å²) in [5.74, 6) is 0.110. The molecule has 0 unspecified atom stereocenters. The maximum atomic E-state index is 12.7. The molecule has 5 nitrogen and oxygen atoms in total. The van der Waals surface area contributed by atoms with Crippen LogP contribution in [0.4, 0.5) is 0 Å². The molecule has 2 aromatic rings. The zero-order valence-corrected chi connectivity index (χ0v) is 16.0. The minimum absolute atomic E-state index is 0.358. The Morgan fingerprint density at radius 2 is 2.32 bits per heavy atom. The smallest absolute Gasteiger partial charge is 0.283 e. The van der Waals surface area contributed by atoms with Gasteiger partial charge in [0.15, 0.2) is 9.86 Å². The van der Waals surface area contributed by atoms with Crippen molar-refractivity contribution in [3.05, 3.63) is 39.3 Å². The van der Waals surface area contributed by atoms with Crippen LogP contribution in [-0.2, 0) is 13.0 Å². The number of hydrogen-bond acceptors (Lipinski definition) is 4. The van der Waals surface area contributed by atoms with Gasteiger partial charge in [-0.25, -0.2) is 0 Å². The maximum absolute atomic E-state index is 12.7. The van der Waals surface area contributed by atoms with E-state index < -0.39 is 0 Å². The minimum Gasteiger partial charge on any atom is -0.496 e. The number of amides is 1. The molecule has 0 spiro atoms. The molecule has 0 bridgehead atoms. The van der Waals surface area contributed by atoms with Gasteiger partial charge in [0, 0.05) is 11.6 Å². The highest BCUT2D eigenvalue weighted by Crippen LogP contribution is 2.28. The zero-order chi connectivity index (χ0) is 17.8. The molecule has 0 aliphatic carbocycles. The Bertz CT molecular complexity index is 841. The Balaban J connectivity index is 2.04. The summed E-state index contributed by atoms with van der Waals surface area (Å²) in [4.78, 5) is 17.8. The van der Waals surface area contributed by atoms with Gasteiger partial charge < -0.3 is 14.0 Å². The average Bonchev–Trinajstić information content (AvgIpc) is 2.96. The lowest BCUT2D eigenvalue weighted by Crippen LogP contribution is -2.21. The number of thiazole rings is 1. The Morgan fingerprint density at radius 1 is 1.48 bits per heavy atom. The van der Waals surface area contributed by atoms with Gasteiger partial charge in [-0.2, -0.15) is 4.99 Å². The summed E-state index contributed by atoms with van der Waals surface area (Å²) in [6, 6.07) is 4.96. The van der Waals surface area contributed by atoms with E-state index in [0.29, 0.717) is 21.1 Å². The predicted octanol–water partition coefficient (Wildman–Crippen LogP) is 4.08. The van der Waals surface area contributed by atoms with Crippen LogP contribution in [0.25, 0.3) is 0 Å². The van der Waals surface area contributed by atoms with Gasteiger partial charge in [0.05, 0.1) is 25.0 Å². The van der Waals surface area contributed by atoms with Crippen molar-refractivity contribution < 1.29 is 14.3 Å². The molecule has 0 saturated carbocycles. The number of rotatable bonds is 5. The van der Waals surface area contributed by atoms with Gasteiger partial charge in [0.2, 0.25) is 0 Å². The molecular formula is C18H21ClN2O3S. The fourth-order valence-electron chi connectivity index (χ4n) is 2.80. The normalized spacial score (nSPS) is 14.1. The monoisotopic (exact) mass is 380 g/mol. The Kier molecular flexibility index (Phi) is 5.81. The third-order valence-corrected chi connectivity index (χ3v) is 5.36. The van der Waals surface area contributed by atoms with Gasteiger partial charge >= 0.3 is 0 Å². The van der Waals surface area contributed by atoms with Gasteiger partial charge in [0.1, 0.15) is 5.75 Å². The van der Waals surface area contributed by atoms with Crippen molar-refractivity contribution in [1.82, 2.24) is 4.57 Å². The number of carbonyl (C=O) groups excluding carboxylic acids is 1. The van der Waals surface area contributed by atoms with Crippen LogP contribution in [0.1, 0.15) is 42.2 Å². The fraction of sp³-hybridized carbons (Fsp3) is 0.444. The second-order valence-corrected chi connectivity index (χ2v) is 7.21. The summed E-state index contributed by atoms with van der Waals surface area (Å²) in [5, 5.41) is 1.36. The number of aromatic nitrogens is 1. The summed E-state index contributed by atoms with van der Waals surface area (Å²) in [5.41, 5.74) is 1.51. The quantitative estimate of drug-likeness (QED) is 0.785. The largest absolute Gasteiger partial charge is 0.496 e. The highest BCUT2D eigenvalue weighted by atomic mass is 35.5. The molecule has 2 heterocycles.